The topological polar surface area (TPSA) is 88.0 Å². The number of carbonyl (C=O) groups is 1. The smallest absolute Gasteiger partial charge is 0.319 e. The summed E-state index contributed by atoms with van der Waals surface area (Å²) in [5, 5.41) is 10.5. The Morgan fingerprint density at radius 3 is 2.50 bits per heavy atom. The van der Waals surface area contributed by atoms with E-state index < -0.39 is 0 Å². The van der Waals surface area contributed by atoms with Crippen LogP contribution in [0.1, 0.15) is 18.5 Å². The summed E-state index contributed by atoms with van der Waals surface area (Å²) in [6.45, 7) is 3.52. The molecule has 2 N–H and O–H groups in total. The number of amides is 2. The van der Waals surface area contributed by atoms with Crippen LogP contribution in [0.25, 0.3) is 5.69 Å². The second kappa shape index (κ2) is 8.08. The quantitative estimate of drug-likeness (QED) is 0.730. The van der Waals surface area contributed by atoms with E-state index in [4.69, 9.17) is 0 Å². The number of aryl methyl sites for hydroxylation is 1. The van der Waals surface area contributed by atoms with Gasteiger partial charge in [0.2, 0.25) is 5.95 Å². The molecule has 28 heavy (non-hydrogen) atoms. The number of carbonyl (C=O) groups excluding carboxylic acids is 1. The van der Waals surface area contributed by atoms with Gasteiger partial charge in [-0.25, -0.2) is 19.4 Å². The van der Waals surface area contributed by atoms with Crippen LogP contribution in [0.5, 0.6) is 0 Å². The van der Waals surface area contributed by atoms with Crippen molar-refractivity contribution in [3.63, 3.8) is 0 Å². The molecule has 144 valence electrons. The first-order chi connectivity index (χ1) is 13.7. The molecule has 1 fully saturated rings. The molecule has 3 heterocycles. The van der Waals surface area contributed by atoms with Gasteiger partial charge in [-0.05, 0) is 38.0 Å². The van der Waals surface area contributed by atoms with Crippen molar-refractivity contribution >= 4 is 17.7 Å². The number of aromatic nitrogens is 4. The van der Waals surface area contributed by atoms with Crippen molar-refractivity contribution in [1.82, 2.24) is 25.1 Å². The zero-order chi connectivity index (χ0) is 19.3. The number of piperidine rings is 1. The number of para-hydroxylation sites is 1. The highest BCUT2D eigenvalue weighted by Crippen LogP contribution is 2.18. The normalized spacial score (nSPS) is 14.7. The van der Waals surface area contributed by atoms with Crippen molar-refractivity contribution in [2.45, 2.75) is 25.8 Å². The highest BCUT2D eigenvalue weighted by Gasteiger charge is 2.22. The zero-order valence-electron chi connectivity index (χ0n) is 15.7. The first-order valence-electron chi connectivity index (χ1n) is 9.40. The SMILES string of the molecule is Cc1nn(-c2ccccc2)cc1NC(=O)NC1CCN(c2ncccn2)CC1. The molecular weight excluding hydrogens is 354 g/mol. The summed E-state index contributed by atoms with van der Waals surface area (Å²) in [6, 6.07) is 11.6. The number of benzene rings is 1. The summed E-state index contributed by atoms with van der Waals surface area (Å²) in [5.41, 5.74) is 2.43. The molecule has 0 radical (unpaired) electrons. The third-order valence-electron chi connectivity index (χ3n) is 4.83. The van der Waals surface area contributed by atoms with Gasteiger partial charge < -0.3 is 15.5 Å². The lowest BCUT2D eigenvalue weighted by Gasteiger charge is -2.32. The predicted molar refractivity (Wildman–Crippen MR) is 108 cm³/mol. The van der Waals surface area contributed by atoms with Crippen molar-refractivity contribution < 1.29 is 4.79 Å². The lowest BCUT2D eigenvalue weighted by Crippen LogP contribution is -2.46. The molecule has 1 aliphatic heterocycles. The predicted octanol–water partition coefficient (Wildman–Crippen LogP) is 2.76. The van der Waals surface area contributed by atoms with Gasteiger partial charge in [0.05, 0.1) is 23.3 Å². The Morgan fingerprint density at radius 1 is 1.07 bits per heavy atom. The van der Waals surface area contributed by atoms with Gasteiger partial charge in [0.1, 0.15) is 0 Å². The average Bonchev–Trinajstić information content (AvgIpc) is 3.10. The molecule has 1 aromatic carbocycles. The summed E-state index contributed by atoms with van der Waals surface area (Å²) < 4.78 is 1.77. The molecule has 2 amide bonds. The van der Waals surface area contributed by atoms with Gasteiger partial charge in [0.25, 0.3) is 0 Å². The van der Waals surface area contributed by atoms with E-state index in [-0.39, 0.29) is 12.1 Å². The van der Waals surface area contributed by atoms with Crippen LogP contribution in [0.3, 0.4) is 0 Å². The lowest BCUT2D eigenvalue weighted by atomic mass is 10.1. The summed E-state index contributed by atoms with van der Waals surface area (Å²) in [6.07, 6.45) is 7.04. The molecule has 2 aromatic heterocycles. The van der Waals surface area contributed by atoms with Gasteiger partial charge in [0.15, 0.2) is 0 Å². The summed E-state index contributed by atoms with van der Waals surface area (Å²) in [7, 11) is 0. The minimum absolute atomic E-state index is 0.129. The van der Waals surface area contributed by atoms with E-state index in [2.05, 4.69) is 30.6 Å². The molecule has 0 atom stereocenters. The molecule has 4 rings (SSSR count). The molecule has 1 aliphatic rings. The van der Waals surface area contributed by atoms with Crippen molar-refractivity contribution in [2.75, 3.05) is 23.3 Å². The van der Waals surface area contributed by atoms with E-state index in [1.807, 2.05) is 49.5 Å². The first-order valence-corrected chi connectivity index (χ1v) is 9.40. The number of hydrogen-bond donors (Lipinski definition) is 2. The maximum atomic E-state index is 12.4. The van der Waals surface area contributed by atoms with Gasteiger partial charge in [-0.1, -0.05) is 18.2 Å². The highest BCUT2D eigenvalue weighted by molar-refractivity contribution is 5.90. The van der Waals surface area contributed by atoms with E-state index in [1.54, 1.807) is 17.1 Å². The van der Waals surface area contributed by atoms with Crippen LogP contribution in [0.15, 0.2) is 55.0 Å². The van der Waals surface area contributed by atoms with E-state index in [0.717, 1.165) is 43.3 Å². The molecule has 1 saturated heterocycles. The van der Waals surface area contributed by atoms with Gasteiger partial charge in [0, 0.05) is 31.5 Å². The molecular formula is C20H23N7O. The number of nitrogens with one attached hydrogen (secondary N) is 2. The molecule has 0 aliphatic carbocycles. The van der Waals surface area contributed by atoms with Gasteiger partial charge in [-0.2, -0.15) is 5.10 Å². The summed E-state index contributed by atoms with van der Waals surface area (Å²) in [4.78, 5) is 23.1. The number of hydrogen-bond acceptors (Lipinski definition) is 5. The fourth-order valence-electron chi connectivity index (χ4n) is 3.32. The summed E-state index contributed by atoms with van der Waals surface area (Å²) >= 11 is 0. The van der Waals surface area contributed by atoms with Crippen molar-refractivity contribution in [3.8, 4) is 5.69 Å². The van der Waals surface area contributed by atoms with Crippen molar-refractivity contribution in [3.05, 3.63) is 60.7 Å². The Morgan fingerprint density at radius 2 is 1.79 bits per heavy atom. The van der Waals surface area contributed by atoms with Crippen LogP contribution in [0.2, 0.25) is 0 Å². The molecule has 0 saturated carbocycles. The van der Waals surface area contributed by atoms with Crippen LogP contribution < -0.4 is 15.5 Å². The number of urea groups is 1. The average molecular weight is 377 g/mol. The van der Waals surface area contributed by atoms with Gasteiger partial charge in [-0.3, -0.25) is 0 Å². The van der Waals surface area contributed by atoms with Crippen LogP contribution >= 0.6 is 0 Å². The Balaban J connectivity index is 1.31. The largest absolute Gasteiger partial charge is 0.341 e. The third-order valence-corrected chi connectivity index (χ3v) is 4.83. The molecule has 3 aromatic rings. The molecule has 0 unspecified atom stereocenters. The monoisotopic (exact) mass is 377 g/mol. The Kier molecular flexibility index (Phi) is 5.18. The van der Waals surface area contributed by atoms with E-state index >= 15 is 0 Å². The number of nitrogens with zero attached hydrogens (tertiary/aromatic N) is 5. The Bertz CT molecular complexity index is 918. The maximum Gasteiger partial charge on any atom is 0.319 e. The van der Waals surface area contributed by atoms with Crippen LogP contribution in [0.4, 0.5) is 16.4 Å². The zero-order valence-corrected chi connectivity index (χ0v) is 15.7. The molecule has 8 nitrogen and oxygen atoms in total. The van der Waals surface area contributed by atoms with E-state index in [1.165, 1.54) is 0 Å². The van der Waals surface area contributed by atoms with Gasteiger partial charge in [-0.15, -0.1) is 0 Å². The first kappa shape index (κ1) is 18.0. The molecule has 0 bridgehead atoms. The Hall–Kier alpha value is -3.42. The lowest BCUT2D eigenvalue weighted by molar-refractivity contribution is 0.246. The number of rotatable bonds is 4. The minimum Gasteiger partial charge on any atom is -0.341 e. The maximum absolute atomic E-state index is 12.4. The van der Waals surface area contributed by atoms with E-state index in [9.17, 15) is 4.79 Å². The molecule has 8 heteroatoms. The van der Waals surface area contributed by atoms with Crippen LogP contribution in [-0.4, -0.2) is 44.9 Å². The fourth-order valence-corrected chi connectivity index (χ4v) is 3.32. The van der Waals surface area contributed by atoms with Crippen molar-refractivity contribution in [2.24, 2.45) is 0 Å². The van der Waals surface area contributed by atoms with Crippen LogP contribution in [-0.2, 0) is 0 Å². The second-order valence-corrected chi connectivity index (χ2v) is 6.82. The van der Waals surface area contributed by atoms with Crippen molar-refractivity contribution in [1.29, 1.82) is 0 Å². The molecule has 0 spiro atoms. The third kappa shape index (κ3) is 4.11. The highest BCUT2D eigenvalue weighted by atomic mass is 16.2. The number of anilines is 2. The van der Waals surface area contributed by atoms with Crippen LogP contribution in [0, 0.1) is 6.92 Å². The fraction of sp³-hybridized carbons (Fsp3) is 0.300. The van der Waals surface area contributed by atoms with E-state index in [0.29, 0.717) is 5.69 Å². The standard InChI is InChI=1S/C20H23N7O/c1-15-18(14-27(25-15)17-6-3-2-4-7-17)24-20(28)23-16-8-12-26(13-9-16)19-21-10-5-11-22-19/h2-7,10-11,14,16H,8-9,12-13H2,1H3,(H2,23,24,28). The minimum atomic E-state index is -0.204. The second-order valence-electron chi connectivity index (χ2n) is 6.82. The summed E-state index contributed by atoms with van der Waals surface area (Å²) in [5.74, 6) is 0.745. The van der Waals surface area contributed by atoms with Gasteiger partial charge >= 0.3 is 6.03 Å². The Labute approximate surface area is 163 Å².